The lowest BCUT2D eigenvalue weighted by molar-refractivity contribution is -0.134. The van der Waals surface area contributed by atoms with Crippen LogP contribution in [-0.2, 0) is 4.79 Å². The lowest BCUT2D eigenvalue weighted by atomic mass is 9.98. The molecule has 3 aliphatic rings. The topological polar surface area (TPSA) is 64.7 Å². The van der Waals surface area contributed by atoms with E-state index in [1.807, 2.05) is 9.80 Å². The maximum atomic E-state index is 12.0. The summed E-state index contributed by atoms with van der Waals surface area (Å²) < 4.78 is 0. The number of carbonyl (C=O) groups is 2. The molecule has 0 bridgehead atoms. The predicted octanol–water partition coefficient (Wildman–Crippen LogP) is -1.17. The molecule has 3 amide bonds. The van der Waals surface area contributed by atoms with E-state index in [-0.39, 0.29) is 18.0 Å². The summed E-state index contributed by atoms with van der Waals surface area (Å²) in [5, 5.41) is 6.00. The van der Waals surface area contributed by atoms with E-state index in [0.29, 0.717) is 38.5 Å². The molecule has 6 heteroatoms. The van der Waals surface area contributed by atoms with Gasteiger partial charge in [0.25, 0.3) is 0 Å². The van der Waals surface area contributed by atoms with Crippen LogP contribution in [-0.4, -0.2) is 67.0 Å². The zero-order valence-electron chi connectivity index (χ0n) is 9.82. The zero-order chi connectivity index (χ0) is 11.8. The van der Waals surface area contributed by atoms with Crippen LogP contribution >= 0.6 is 0 Å². The molecule has 94 valence electrons. The molecule has 2 N–H and O–H groups in total. The van der Waals surface area contributed by atoms with E-state index in [4.69, 9.17) is 0 Å². The Kier molecular flexibility index (Phi) is 2.66. The Morgan fingerprint density at radius 2 is 2.12 bits per heavy atom. The van der Waals surface area contributed by atoms with E-state index in [1.165, 1.54) is 0 Å². The quantitative estimate of drug-likeness (QED) is 0.637. The summed E-state index contributed by atoms with van der Waals surface area (Å²) in [4.78, 5) is 27.2. The Morgan fingerprint density at radius 1 is 1.29 bits per heavy atom. The lowest BCUT2D eigenvalue weighted by Gasteiger charge is -2.37. The molecule has 3 rings (SSSR count). The molecule has 17 heavy (non-hydrogen) atoms. The smallest absolute Gasteiger partial charge is 0.317 e. The second-order valence-electron chi connectivity index (χ2n) is 5.10. The molecular formula is C11H18N4O2. The molecule has 0 radical (unpaired) electrons. The first-order valence-electron chi connectivity index (χ1n) is 6.27. The van der Waals surface area contributed by atoms with Gasteiger partial charge in [-0.05, 0) is 19.0 Å². The minimum atomic E-state index is 0.0188. The fourth-order valence-corrected chi connectivity index (χ4v) is 2.70. The first-order chi connectivity index (χ1) is 8.24. The summed E-state index contributed by atoms with van der Waals surface area (Å²) in [5.74, 6) is 0.763. The molecule has 1 unspecified atom stereocenters. The number of carbonyl (C=O) groups excluding carboxylic acids is 2. The van der Waals surface area contributed by atoms with Gasteiger partial charge < -0.3 is 20.4 Å². The normalized spacial score (nSPS) is 28.7. The van der Waals surface area contributed by atoms with Crippen molar-refractivity contribution in [3.8, 4) is 0 Å². The van der Waals surface area contributed by atoms with Gasteiger partial charge in [-0.1, -0.05) is 0 Å². The highest BCUT2D eigenvalue weighted by atomic mass is 16.2. The van der Waals surface area contributed by atoms with Crippen LogP contribution < -0.4 is 10.6 Å². The van der Waals surface area contributed by atoms with Gasteiger partial charge in [0, 0.05) is 32.6 Å². The Bertz CT molecular complexity index is 342. The van der Waals surface area contributed by atoms with Crippen LogP contribution in [0.1, 0.15) is 6.42 Å². The average Bonchev–Trinajstić information content (AvgIpc) is 2.65. The van der Waals surface area contributed by atoms with Crippen molar-refractivity contribution in [3.63, 3.8) is 0 Å². The summed E-state index contributed by atoms with van der Waals surface area (Å²) in [5.41, 5.74) is 0. The molecule has 1 atom stereocenters. The Balaban J connectivity index is 1.55. The number of amides is 3. The van der Waals surface area contributed by atoms with Crippen LogP contribution in [0.3, 0.4) is 0 Å². The first kappa shape index (κ1) is 10.8. The number of hydrogen-bond acceptors (Lipinski definition) is 3. The van der Waals surface area contributed by atoms with E-state index in [0.717, 1.165) is 13.1 Å². The Hall–Kier alpha value is -1.30. The third-order valence-corrected chi connectivity index (χ3v) is 3.91. The van der Waals surface area contributed by atoms with E-state index >= 15 is 0 Å². The fourth-order valence-electron chi connectivity index (χ4n) is 2.70. The predicted molar refractivity (Wildman–Crippen MR) is 61.4 cm³/mol. The minimum Gasteiger partial charge on any atom is -0.339 e. The molecule has 6 nitrogen and oxygen atoms in total. The number of piperazine rings is 1. The SMILES string of the molecule is O=C(CC1CNC1)N1CCN2C(=O)NCC2C1. The van der Waals surface area contributed by atoms with Gasteiger partial charge in [-0.25, -0.2) is 4.79 Å². The average molecular weight is 238 g/mol. The summed E-state index contributed by atoms with van der Waals surface area (Å²) in [6, 6.07) is 0.199. The van der Waals surface area contributed by atoms with Crippen LogP contribution in [0.4, 0.5) is 4.79 Å². The summed E-state index contributed by atoms with van der Waals surface area (Å²) >= 11 is 0. The van der Waals surface area contributed by atoms with Gasteiger partial charge in [0.05, 0.1) is 6.04 Å². The van der Waals surface area contributed by atoms with Crippen LogP contribution in [0.5, 0.6) is 0 Å². The molecule has 3 fully saturated rings. The molecule has 3 saturated heterocycles. The van der Waals surface area contributed by atoms with Gasteiger partial charge in [-0.2, -0.15) is 0 Å². The van der Waals surface area contributed by atoms with Gasteiger partial charge in [0.1, 0.15) is 0 Å². The van der Waals surface area contributed by atoms with Crippen molar-refractivity contribution in [2.24, 2.45) is 5.92 Å². The third-order valence-electron chi connectivity index (χ3n) is 3.91. The zero-order valence-corrected chi connectivity index (χ0v) is 9.82. The summed E-state index contributed by atoms with van der Waals surface area (Å²) in [6.45, 7) is 4.66. The van der Waals surface area contributed by atoms with Gasteiger partial charge in [0.2, 0.25) is 5.91 Å². The van der Waals surface area contributed by atoms with E-state index in [9.17, 15) is 9.59 Å². The van der Waals surface area contributed by atoms with Crippen molar-refractivity contribution in [3.05, 3.63) is 0 Å². The highest BCUT2D eigenvalue weighted by Crippen LogP contribution is 2.17. The number of urea groups is 1. The molecule has 3 heterocycles. The largest absolute Gasteiger partial charge is 0.339 e. The number of hydrogen-bond donors (Lipinski definition) is 2. The monoisotopic (exact) mass is 238 g/mol. The third kappa shape index (κ3) is 1.97. The van der Waals surface area contributed by atoms with Gasteiger partial charge in [0.15, 0.2) is 0 Å². The maximum absolute atomic E-state index is 12.0. The van der Waals surface area contributed by atoms with E-state index in [2.05, 4.69) is 10.6 Å². The standard InChI is InChI=1S/C11H18N4O2/c16-10(3-8-4-12-5-8)14-1-2-15-9(7-14)6-13-11(15)17/h8-9,12H,1-7H2,(H,13,17). The van der Waals surface area contributed by atoms with Crippen molar-refractivity contribution in [2.75, 3.05) is 39.3 Å². The maximum Gasteiger partial charge on any atom is 0.317 e. The van der Waals surface area contributed by atoms with Crippen LogP contribution in [0, 0.1) is 5.92 Å². The van der Waals surface area contributed by atoms with E-state index in [1.54, 1.807) is 0 Å². The van der Waals surface area contributed by atoms with Crippen molar-refractivity contribution >= 4 is 11.9 Å². The number of nitrogens with one attached hydrogen (secondary N) is 2. The molecule has 0 saturated carbocycles. The van der Waals surface area contributed by atoms with Gasteiger partial charge >= 0.3 is 6.03 Å². The molecule has 0 aromatic rings. The highest BCUT2D eigenvalue weighted by molar-refractivity contribution is 5.79. The van der Waals surface area contributed by atoms with Gasteiger partial charge in [-0.15, -0.1) is 0 Å². The number of rotatable bonds is 2. The second-order valence-corrected chi connectivity index (χ2v) is 5.10. The lowest BCUT2D eigenvalue weighted by Crippen LogP contribution is -2.55. The number of fused-ring (bicyclic) bond motifs is 1. The van der Waals surface area contributed by atoms with Crippen molar-refractivity contribution in [1.29, 1.82) is 0 Å². The molecule has 0 aliphatic carbocycles. The summed E-state index contributed by atoms with van der Waals surface area (Å²) in [7, 11) is 0. The fraction of sp³-hybridized carbons (Fsp3) is 0.818. The minimum absolute atomic E-state index is 0.0188. The van der Waals surface area contributed by atoms with Crippen molar-refractivity contribution < 1.29 is 9.59 Å². The summed E-state index contributed by atoms with van der Waals surface area (Å²) in [6.07, 6.45) is 0.654. The molecule has 0 spiro atoms. The molecule has 0 aromatic carbocycles. The Labute approximate surface area is 100 Å². The Morgan fingerprint density at radius 3 is 2.82 bits per heavy atom. The first-order valence-corrected chi connectivity index (χ1v) is 6.27. The molecular weight excluding hydrogens is 220 g/mol. The molecule has 0 aromatic heterocycles. The van der Waals surface area contributed by atoms with Gasteiger partial charge in [-0.3, -0.25) is 4.79 Å². The van der Waals surface area contributed by atoms with Crippen LogP contribution in [0.15, 0.2) is 0 Å². The van der Waals surface area contributed by atoms with Crippen LogP contribution in [0.2, 0.25) is 0 Å². The van der Waals surface area contributed by atoms with Crippen LogP contribution in [0.25, 0.3) is 0 Å². The van der Waals surface area contributed by atoms with E-state index < -0.39 is 0 Å². The highest BCUT2D eigenvalue weighted by Gasteiger charge is 2.37. The number of nitrogens with zero attached hydrogens (tertiary/aromatic N) is 2. The molecule has 3 aliphatic heterocycles. The van der Waals surface area contributed by atoms with Crippen molar-refractivity contribution in [1.82, 2.24) is 20.4 Å². The second kappa shape index (κ2) is 4.18. The van der Waals surface area contributed by atoms with Crippen molar-refractivity contribution in [2.45, 2.75) is 12.5 Å².